The van der Waals surface area contributed by atoms with Crippen LogP contribution in [0.2, 0.25) is 0 Å². The third-order valence-corrected chi connectivity index (χ3v) is 2.43. The number of nitrogens with one attached hydrogen (secondary N) is 1. The normalized spacial score (nSPS) is 23.2. The van der Waals surface area contributed by atoms with Crippen LogP contribution < -0.4 is 10.1 Å². The van der Waals surface area contributed by atoms with Gasteiger partial charge in [-0.05, 0) is 6.07 Å². The van der Waals surface area contributed by atoms with Crippen molar-refractivity contribution >= 4 is 6.09 Å². The van der Waals surface area contributed by atoms with Gasteiger partial charge in [-0.15, -0.1) is 0 Å². The summed E-state index contributed by atoms with van der Waals surface area (Å²) in [7, 11) is 0. The molecule has 0 saturated heterocycles. The second kappa shape index (κ2) is 4.26. The fourth-order valence-electron chi connectivity index (χ4n) is 1.57. The van der Waals surface area contributed by atoms with Gasteiger partial charge in [0.05, 0.1) is 6.20 Å². The van der Waals surface area contributed by atoms with E-state index in [9.17, 15) is 4.79 Å². The molecule has 1 aromatic heterocycles. The number of aromatic hydroxyl groups is 1. The van der Waals surface area contributed by atoms with Crippen LogP contribution in [-0.4, -0.2) is 33.4 Å². The standard InChI is InChI=1S/C10H12N2O4/c13-7-1-2-9(11-5-7)16-8-3-6(4-8)12-10(14)15/h1-2,5-6,8,12-13H,3-4H2,(H,14,15)/t6-,8+. The average Bonchev–Trinajstić information content (AvgIpc) is 2.17. The zero-order valence-corrected chi connectivity index (χ0v) is 8.46. The van der Waals surface area contributed by atoms with E-state index in [0.29, 0.717) is 18.7 Å². The van der Waals surface area contributed by atoms with Crippen molar-refractivity contribution in [3.05, 3.63) is 18.3 Å². The van der Waals surface area contributed by atoms with Gasteiger partial charge in [-0.3, -0.25) is 0 Å². The Morgan fingerprint density at radius 1 is 1.50 bits per heavy atom. The molecule has 3 N–H and O–H groups in total. The molecule has 16 heavy (non-hydrogen) atoms. The Hall–Kier alpha value is -1.98. The lowest BCUT2D eigenvalue weighted by Gasteiger charge is -2.34. The maximum Gasteiger partial charge on any atom is 0.404 e. The number of carbonyl (C=O) groups is 1. The zero-order valence-electron chi connectivity index (χ0n) is 8.46. The molecule has 0 unspecified atom stereocenters. The van der Waals surface area contributed by atoms with E-state index in [2.05, 4.69) is 10.3 Å². The molecule has 1 saturated carbocycles. The zero-order chi connectivity index (χ0) is 11.5. The number of rotatable bonds is 3. The van der Waals surface area contributed by atoms with Crippen molar-refractivity contribution in [1.82, 2.24) is 10.3 Å². The minimum atomic E-state index is -1.01. The number of ether oxygens (including phenoxy) is 1. The lowest BCUT2D eigenvalue weighted by molar-refractivity contribution is 0.0792. The lowest BCUT2D eigenvalue weighted by Crippen LogP contribution is -2.48. The third-order valence-electron chi connectivity index (χ3n) is 2.43. The summed E-state index contributed by atoms with van der Waals surface area (Å²) < 4.78 is 5.46. The van der Waals surface area contributed by atoms with Gasteiger partial charge >= 0.3 is 6.09 Å². The van der Waals surface area contributed by atoms with Crippen molar-refractivity contribution in [2.45, 2.75) is 25.0 Å². The highest BCUT2D eigenvalue weighted by Crippen LogP contribution is 2.25. The number of hydrogen-bond acceptors (Lipinski definition) is 4. The first-order chi connectivity index (χ1) is 7.63. The third kappa shape index (κ3) is 2.53. The van der Waals surface area contributed by atoms with Gasteiger partial charge in [0.2, 0.25) is 5.88 Å². The summed E-state index contributed by atoms with van der Waals surface area (Å²) in [4.78, 5) is 14.2. The fourth-order valence-corrected chi connectivity index (χ4v) is 1.57. The quantitative estimate of drug-likeness (QED) is 0.711. The number of carboxylic acid groups (broad SMARTS) is 1. The molecule has 0 spiro atoms. The number of pyridine rings is 1. The van der Waals surface area contributed by atoms with E-state index in [-0.39, 0.29) is 17.9 Å². The molecule has 0 radical (unpaired) electrons. The Morgan fingerprint density at radius 2 is 2.25 bits per heavy atom. The molecule has 0 bridgehead atoms. The summed E-state index contributed by atoms with van der Waals surface area (Å²) in [5.74, 6) is 0.531. The molecule has 1 fully saturated rings. The Morgan fingerprint density at radius 3 is 2.81 bits per heavy atom. The van der Waals surface area contributed by atoms with E-state index in [4.69, 9.17) is 14.9 Å². The highest BCUT2D eigenvalue weighted by molar-refractivity contribution is 5.65. The van der Waals surface area contributed by atoms with E-state index < -0.39 is 6.09 Å². The van der Waals surface area contributed by atoms with Crippen LogP contribution in [0.4, 0.5) is 4.79 Å². The number of nitrogens with zero attached hydrogens (tertiary/aromatic N) is 1. The SMILES string of the molecule is O=C(O)N[C@H]1C[C@@H](Oc2ccc(O)cn2)C1. The van der Waals surface area contributed by atoms with Crippen molar-refractivity contribution in [2.24, 2.45) is 0 Å². The molecular formula is C10H12N2O4. The van der Waals surface area contributed by atoms with E-state index in [1.54, 1.807) is 6.07 Å². The van der Waals surface area contributed by atoms with Crippen LogP contribution in [0.15, 0.2) is 18.3 Å². The Balaban J connectivity index is 1.77. The van der Waals surface area contributed by atoms with Crippen molar-refractivity contribution in [3.8, 4) is 11.6 Å². The van der Waals surface area contributed by atoms with Crippen LogP contribution in [0, 0.1) is 0 Å². The van der Waals surface area contributed by atoms with Gasteiger partial charge in [0, 0.05) is 24.9 Å². The highest BCUT2D eigenvalue weighted by atomic mass is 16.5. The van der Waals surface area contributed by atoms with E-state index in [0.717, 1.165) is 0 Å². The number of hydrogen-bond donors (Lipinski definition) is 3. The summed E-state index contributed by atoms with van der Waals surface area (Å²) in [6.07, 6.45) is 1.59. The summed E-state index contributed by atoms with van der Waals surface area (Å²) in [5.41, 5.74) is 0. The molecule has 1 amide bonds. The first-order valence-corrected chi connectivity index (χ1v) is 4.94. The molecule has 0 aliphatic heterocycles. The van der Waals surface area contributed by atoms with Crippen LogP contribution in [0.25, 0.3) is 0 Å². The van der Waals surface area contributed by atoms with Gasteiger partial charge in [-0.25, -0.2) is 9.78 Å². The summed E-state index contributed by atoms with van der Waals surface area (Å²) in [5, 5.41) is 19.9. The van der Waals surface area contributed by atoms with Crippen LogP contribution >= 0.6 is 0 Å². The van der Waals surface area contributed by atoms with Gasteiger partial charge in [0.15, 0.2) is 0 Å². The molecule has 1 aliphatic carbocycles. The summed E-state index contributed by atoms with van der Waals surface area (Å²) in [6.45, 7) is 0. The predicted molar refractivity (Wildman–Crippen MR) is 54.5 cm³/mol. The maximum absolute atomic E-state index is 10.3. The minimum absolute atomic E-state index is 0.00565. The fraction of sp³-hybridized carbons (Fsp3) is 0.400. The second-order valence-electron chi connectivity index (χ2n) is 3.71. The van der Waals surface area contributed by atoms with Crippen LogP contribution in [0.1, 0.15) is 12.8 Å². The van der Waals surface area contributed by atoms with E-state index >= 15 is 0 Å². The van der Waals surface area contributed by atoms with Gasteiger partial charge in [-0.2, -0.15) is 0 Å². The molecule has 1 heterocycles. The molecule has 1 aromatic rings. The first kappa shape index (κ1) is 10.5. The monoisotopic (exact) mass is 224 g/mol. The van der Waals surface area contributed by atoms with Crippen LogP contribution in [0.5, 0.6) is 11.6 Å². The highest BCUT2D eigenvalue weighted by Gasteiger charge is 2.32. The first-order valence-electron chi connectivity index (χ1n) is 4.94. The Kier molecular flexibility index (Phi) is 2.80. The second-order valence-corrected chi connectivity index (χ2v) is 3.71. The Labute approximate surface area is 91.9 Å². The molecule has 0 atom stereocenters. The largest absolute Gasteiger partial charge is 0.506 e. The van der Waals surface area contributed by atoms with Crippen molar-refractivity contribution < 1.29 is 19.7 Å². The summed E-state index contributed by atoms with van der Waals surface area (Å²) >= 11 is 0. The molecule has 2 rings (SSSR count). The smallest absolute Gasteiger partial charge is 0.404 e. The van der Waals surface area contributed by atoms with Gasteiger partial charge in [0.25, 0.3) is 0 Å². The van der Waals surface area contributed by atoms with Gasteiger partial charge < -0.3 is 20.3 Å². The lowest BCUT2D eigenvalue weighted by atomic mass is 9.89. The van der Waals surface area contributed by atoms with Crippen molar-refractivity contribution in [1.29, 1.82) is 0 Å². The van der Waals surface area contributed by atoms with Crippen LogP contribution in [-0.2, 0) is 0 Å². The number of amides is 1. The van der Waals surface area contributed by atoms with Crippen molar-refractivity contribution in [2.75, 3.05) is 0 Å². The topological polar surface area (TPSA) is 91.7 Å². The molecule has 86 valence electrons. The van der Waals surface area contributed by atoms with Gasteiger partial charge in [0.1, 0.15) is 11.9 Å². The number of aromatic nitrogens is 1. The molecule has 0 aromatic carbocycles. The Bertz CT molecular complexity index is 373. The van der Waals surface area contributed by atoms with E-state index in [1.807, 2.05) is 0 Å². The maximum atomic E-state index is 10.3. The summed E-state index contributed by atoms with van der Waals surface area (Å²) in [6, 6.07) is 3.04. The van der Waals surface area contributed by atoms with Crippen LogP contribution in [0.3, 0.4) is 0 Å². The van der Waals surface area contributed by atoms with Gasteiger partial charge in [-0.1, -0.05) is 0 Å². The minimum Gasteiger partial charge on any atom is -0.506 e. The van der Waals surface area contributed by atoms with E-state index in [1.165, 1.54) is 12.3 Å². The van der Waals surface area contributed by atoms with Crippen molar-refractivity contribution in [3.63, 3.8) is 0 Å². The molecular weight excluding hydrogens is 212 g/mol. The molecule has 6 nitrogen and oxygen atoms in total. The molecule has 6 heteroatoms. The average molecular weight is 224 g/mol. The predicted octanol–water partition coefficient (Wildman–Crippen LogP) is 0.965. The molecule has 1 aliphatic rings.